The Morgan fingerprint density at radius 3 is 1.96 bits per heavy atom. The number of rotatable bonds is 16. The molecule has 1 aliphatic heterocycles. The lowest BCUT2D eigenvalue weighted by Crippen LogP contribution is -2.40. The lowest BCUT2D eigenvalue weighted by Gasteiger charge is -2.29. The third-order valence-corrected chi connectivity index (χ3v) is 6.93. The van der Waals surface area contributed by atoms with Crippen LogP contribution >= 0.6 is 7.82 Å². The van der Waals surface area contributed by atoms with Crippen LogP contribution in [-0.4, -0.2) is 44.4 Å². The average Bonchev–Trinajstić information content (AvgIpc) is 2.79. The minimum atomic E-state index is -4.16. The van der Waals surface area contributed by atoms with E-state index < -0.39 is 7.82 Å². The van der Waals surface area contributed by atoms with Gasteiger partial charge in [-0.05, 0) is 19.3 Å². The second-order valence-electron chi connectivity index (χ2n) is 9.21. The molecule has 1 fully saturated rings. The molecule has 0 aromatic rings. The third kappa shape index (κ3) is 14.1. The smallest absolute Gasteiger partial charge is 0.268 e. The summed E-state index contributed by atoms with van der Waals surface area (Å²) in [4.78, 5) is 12.1. The van der Waals surface area contributed by atoms with Gasteiger partial charge in [-0.25, -0.2) is 0 Å². The van der Waals surface area contributed by atoms with Gasteiger partial charge in [-0.15, -0.1) is 0 Å². The van der Waals surface area contributed by atoms with Crippen molar-refractivity contribution in [3.63, 3.8) is 0 Å². The molecule has 0 radical (unpaired) electrons. The standard InChI is InChI=1S/C22H46NO4P/c1-4-5-6-7-8-9-10-11-12-13-14-15-21-26-28(24,25)27-22-17-16-19-23(2,3)20-18-22/h22H,4-21H2,1-3H3. The average molecular weight is 420 g/mol. The second-order valence-corrected chi connectivity index (χ2v) is 10.6. The molecule has 168 valence electrons. The third-order valence-electron chi connectivity index (χ3n) is 5.87. The van der Waals surface area contributed by atoms with E-state index in [9.17, 15) is 9.46 Å². The van der Waals surface area contributed by atoms with E-state index in [0.717, 1.165) is 49.7 Å². The van der Waals surface area contributed by atoms with E-state index in [1.54, 1.807) is 0 Å². The Labute approximate surface area is 174 Å². The zero-order valence-corrected chi connectivity index (χ0v) is 19.7. The van der Waals surface area contributed by atoms with Gasteiger partial charge in [0.15, 0.2) is 0 Å². The summed E-state index contributed by atoms with van der Waals surface area (Å²) in [5.41, 5.74) is 0. The fraction of sp³-hybridized carbons (Fsp3) is 1.00. The molecule has 0 saturated carbocycles. The van der Waals surface area contributed by atoms with Gasteiger partial charge in [-0.2, -0.15) is 0 Å². The summed E-state index contributed by atoms with van der Waals surface area (Å²) in [7, 11) is 0.206. The summed E-state index contributed by atoms with van der Waals surface area (Å²) >= 11 is 0. The highest BCUT2D eigenvalue weighted by Gasteiger charge is 2.26. The first kappa shape index (κ1) is 26.1. The van der Waals surface area contributed by atoms with Gasteiger partial charge in [-0.1, -0.05) is 77.6 Å². The van der Waals surface area contributed by atoms with Gasteiger partial charge in [-0.3, -0.25) is 4.57 Å². The van der Waals surface area contributed by atoms with E-state index in [4.69, 9.17) is 9.05 Å². The van der Waals surface area contributed by atoms with Crippen LogP contribution in [0.2, 0.25) is 0 Å². The number of likely N-dealkylation sites (tertiary alicyclic amines) is 1. The van der Waals surface area contributed by atoms with E-state index in [0.29, 0.717) is 0 Å². The summed E-state index contributed by atoms with van der Waals surface area (Å²) < 4.78 is 23.4. The van der Waals surface area contributed by atoms with E-state index >= 15 is 0 Å². The number of phosphoric acid groups is 1. The Morgan fingerprint density at radius 2 is 1.39 bits per heavy atom. The van der Waals surface area contributed by atoms with Crippen LogP contribution in [0.3, 0.4) is 0 Å². The van der Waals surface area contributed by atoms with Crippen molar-refractivity contribution in [2.45, 2.75) is 109 Å². The van der Waals surface area contributed by atoms with Crippen LogP contribution in [0.4, 0.5) is 0 Å². The molecule has 0 spiro atoms. The summed E-state index contributed by atoms with van der Waals surface area (Å²) in [6.45, 7) is 4.53. The minimum Gasteiger partial charge on any atom is -0.756 e. The maximum Gasteiger partial charge on any atom is 0.268 e. The Kier molecular flexibility index (Phi) is 13.9. The number of nitrogens with zero attached hydrogens (tertiary/aromatic N) is 1. The van der Waals surface area contributed by atoms with E-state index in [2.05, 4.69) is 21.0 Å². The molecule has 2 atom stereocenters. The van der Waals surface area contributed by atoms with Gasteiger partial charge in [0.25, 0.3) is 7.82 Å². The Bertz CT molecular complexity index is 431. The van der Waals surface area contributed by atoms with Crippen molar-refractivity contribution < 1.29 is 23.0 Å². The molecule has 2 unspecified atom stereocenters. The Balaban J connectivity index is 1.96. The van der Waals surface area contributed by atoms with Crippen LogP contribution in [0, 0.1) is 0 Å². The number of hydrogen-bond acceptors (Lipinski definition) is 4. The number of hydrogen-bond donors (Lipinski definition) is 0. The van der Waals surface area contributed by atoms with Gasteiger partial charge in [0.05, 0.1) is 39.9 Å². The molecule has 0 amide bonds. The summed E-state index contributed by atoms with van der Waals surface area (Å²) in [6.07, 6.45) is 17.4. The SMILES string of the molecule is CCCCCCCCCCCCCCOP(=O)([O-])OC1CCC[N+](C)(C)CC1. The summed E-state index contributed by atoms with van der Waals surface area (Å²) in [5.74, 6) is 0. The van der Waals surface area contributed by atoms with Crippen LogP contribution in [0.25, 0.3) is 0 Å². The molecule has 0 aliphatic carbocycles. The predicted molar refractivity (Wildman–Crippen MR) is 115 cm³/mol. The normalized spacial score (nSPS) is 21.9. The first-order valence-electron chi connectivity index (χ1n) is 11.8. The van der Waals surface area contributed by atoms with Crippen molar-refractivity contribution in [3.8, 4) is 0 Å². The van der Waals surface area contributed by atoms with Crippen LogP contribution in [0.1, 0.15) is 103 Å². The monoisotopic (exact) mass is 419 g/mol. The quantitative estimate of drug-likeness (QED) is 0.180. The first-order chi connectivity index (χ1) is 13.3. The fourth-order valence-corrected chi connectivity index (χ4v) is 4.92. The van der Waals surface area contributed by atoms with Gasteiger partial charge in [0.1, 0.15) is 0 Å². The molecule has 1 heterocycles. The molecule has 0 aromatic carbocycles. The van der Waals surface area contributed by atoms with Crippen molar-refractivity contribution in [1.29, 1.82) is 0 Å². The van der Waals surface area contributed by atoms with Crippen molar-refractivity contribution in [2.75, 3.05) is 33.8 Å². The van der Waals surface area contributed by atoms with E-state index in [-0.39, 0.29) is 12.7 Å². The van der Waals surface area contributed by atoms with Crippen molar-refractivity contribution in [2.24, 2.45) is 0 Å². The molecule has 0 aromatic heterocycles. The summed E-state index contributed by atoms with van der Waals surface area (Å²) in [6, 6.07) is 0. The Morgan fingerprint density at radius 1 is 0.857 bits per heavy atom. The van der Waals surface area contributed by atoms with Crippen LogP contribution < -0.4 is 4.89 Å². The van der Waals surface area contributed by atoms with Crippen LogP contribution in [0.15, 0.2) is 0 Å². The molecule has 1 rings (SSSR count). The number of phosphoric ester groups is 1. The Hall–Kier alpha value is 0.0700. The van der Waals surface area contributed by atoms with Gasteiger partial charge < -0.3 is 18.4 Å². The van der Waals surface area contributed by atoms with E-state index in [1.807, 2.05) is 0 Å². The molecular formula is C22H46NO4P. The van der Waals surface area contributed by atoms with Gasteiger partial charge in [0.2, 0.25) is 0 Å². The lowest BCUT2D eigenvalue weighted by molar-refractivity contribution is -0.889. The molecule has 1 aliphatic rings. The molecule has 28 heavy (non-hydrogen) atoms. The first-order valence-corrected chi connectivity index (χ1v) is 13.3. The second kappa shape index (κ2) is 15.0. The highest BCUT2D eigenvalue weighted by atomic mass is 31.2. The molecular weight excluding hydrogens is 373 g/mol. The molecule has 5 nitrogen and oxygen atoms in total. The zero-order chi connectivity index (χ0) is 20.7. The summed E-state index contributed by atoms with van der Waals surface area (Å²) in [5, 5.41) is 0. The number of quaternary nitrogens is 1. The molecule has 1 saturated heterocycles. The van der Waals surface area contributed by atoms with Gasteiger partial charge >= 0.3 is 0 Å². The maximum atomic E-state index is 12.1. The van der Waals surface area contributed by atoms with Crippen molar-refractivity contribution >= 4 is 7.82 Å². The largest absolute Gasteiger partial charge is 0.756 e. The predicted octanol–water partition coefficient (Wildman–Crippen LogP) is 5.82. The highest BCUT2D eigenvalue weighted by molar-refractivity contribution is 7.45. The molecule has 0 N–H and O–H groups in total. The number of unbranched alkanes of at least 4 members (excludes halogenated alkanes) is 11. The minimum absolute atomic E-state index is 0.217. The van der Waals surface area contributed by atoms with Crippen LogP contribution in [0.5, 0.6) is 0 Å². The molecule has 0 bridgehead atoms. The van der Waals surface area contributed by atoms with E-state index in [1.165, 1.54) is 64.2 Å². The zero-order valence-electron chi connectivity index (χ0n) is 18.8. The fourth-order valence-electron chi connectivity index (χ4n) is 3.93. The van der Waals surface area contributed by atoms with Crippen LogP contribution in [-0.2, 0) is 13.6 Å². The lowest BCUT2D eigenvalue weighted by atomic mass is 10.1. The topological polar surface area (TPSA) is 58.6 Å². The van der Waals surface area contributed by atoms with Crippen molar-refractivity contribution in [3.05, 3.63) is 0 Å². The molecule has 6 heteroatoms. The maximum absolute atomic E-state index is 12.1. The van der Waals surface area contributed by atoms with Gasteiger partial charge in [0, 0.05) is 6.42 Å². The highest BCUT2D eigenvalue weighted by Crippen LogP contribution is 2.42. The van der Waals surface area contributed by atoms with Crippen molar-refractivity contribution in [1.82, 2.24) is 0 Å².